The molecule has 0 spiro atoms. The summed E-state index contributed by atoms with van der Waals surface area (Å²) in [5.74, 6) is -0.174. The molecular formula is C60H113NO8. The standard InChI is InChI=1S/C60H113NO8/c1-3-5-7-9-11-13-15-17-19-21-23-25-26-27-28-30-32-34-36-38-40-42-44-46-48-50-56(64)61-53(52-68-60-59(67)58(66)57(65)55(51-62)69-60)54(63)49-47-45-43-41-39-37-35-33-31-29-24-22-20-18-16-14-12-10-8-6-4-2/h15,17,21,23,47,49,53-55,57-60,62-63,65-67H,3-14,16,18-20,22,24-46,48,50-52H2,1-2H3,(H,61,64)/b17-15-,23-21-,49-47+. The van der Waals surface area contributed by atoms with Gasteiger partial charge in [0, 0.05) is 6.42 Å². The Morgan fingerprint density at radius 1 is 0.493 bits per heavy atom. The highest BCUT2D eigenvalue weighted by atomic mass is 16.7. The zero-order valence-electron chi connectivity index (χ0n) is 45.1. The Morgan fingerprint density at radius 3 is 1.25 bits per heavy atom. The first-order valence-corrected chi connectivity index (χ1v) is 29.7. The molecule has 0 aromatic carbocycles. The first-order chi connectivity index (χ1) is 33.8. The highest BCUT2D eigenvalue weighted by molar-refractivity contribution is 5.76. The molecule has 1 aliphatic heterocycles. The van der Waals surface area contributed by atoms with E-state index in [0.29, 0.717) is 6.42 Å². The number of nitrogens with one attached hydrogen (secondary N) is 1. The van der Waals surface area contributed by atoms with Gasteiger partial charge in [-0.05, 0) is 51.4 Å². The minimum atomic E-state index is -1.57. The molecule has 1 fully saturated rings. The van der Waals surface area contributed by atoms with Crippen molar-refractivity contribution in [2.45, 2.75) is 326 Å². The molecule has 0 aromatic rings. The van der Waals surface area contributed by atoms with Crippen molar-refractivity contribution < 1.29 is 39.8 Å². The summed E-state index contributed by atoms with van der Waals surface area (Å²) in [6, 6.07) is -0.805. The zero-order valence-corrected chi connectivity index (χ0v) is 45.1. The summed E-state index contributed by atoms with van der Waals surface area (Å²) in [6.45, 7) is 3.80. The lowest BCUT2D eigenvalue weighted by atomic mass is 9.99. The van der Waals surface area contributed by atoms with Gasteiger partial charge in [-0.2, -0.15) is 0 Å². The van der Waals surface area contributed by atoms with Crippen LogP contribution in [0.2, 0.25) is 0 Å². The van der Waals surface area contributed by atoms with E-state index in [9.17, 15) is 30.3 Å². The van der Waals surface area contributed by atoms with E-state index in [1.54, 1.807) is 6.08 Å². The van der Waals surface area contributed by atoms with E-state index in [1.807, 2.05) is 6.08 Å². The summed E-state index contributed by atoms with van der Waals surface area (Å²) in [6.07, 6.45) is 57.8. The van der Waals surface area contributed by atoms with Crippen LogP contribution in [0.1, 0.15) is 284 Å². The monoisotopic (exact) mass is 976 g/mol. The number of unbranched alkanes of at least 4 members (excludes halogenated alkanes) is 37. The maximum atomic E-state index is 13.1. The molecule has 1 aliphatic rings. The SMILES string of the molecule is CCCCCCC/C=C\C/C=C\CCCCCCCCCCCCCCCC(=O)NC(COC1OC(CO)C(O)C(O)C1O)C(O)/C=C/CCCCCCCCCCCCCCCCCCCCC. The molecule has 1 saturated heterocycles. The third-order valence-corrected chi connectivity index (χ3v) is 14.2. The summed E-state index contributed by atoms with van der Waals surface area (Å²) in [4.78, 5) is 13.1. The predicted octanol–water partition coefficient (Wildman–Crippen LogP) is 14.7. The average Bonchev–Trinajstić information content (AvgIpc) is 3.35. The van der Waals surface area contributed by atoms with Gasteiger partial charge < -0.3 is 40.3 Å². The van der Waals surface area contributed by atoms with Crippen molar-refractivity contribution in [1.29, 1.82) is 0 Å². The van der Waals surface area contributed by atoms with Crippen molar-refractivity contribution in [3.05, 3.63) is 36.5 Å². The van der Waals surface area contributed by atoms with Gasteiger partial charge >= 0.3 is 0 Å². The molecule has 6 N–H and O–H groups in total. The molecule has 9 nitrogen and oxygen atoms in total. The summed E-state index contributed by atoms with van der Waals surface area (Å²) in [5.41, 5.74) is 0. The fraction of sp³-hybridized carbons (Fsp3) is 0.883. The van der Waals surface area contributed by atoms with Crippen LogP contribution in [0.25, 0.3) is 0 Å². The molecule has 1 amide bonds. The third kappa shape index (κ3) is 39.6. The summed E-state index contributed by atoms with van der Waals surface area (Å²) >= 11 is 0. The van der Waals surface area contributed by atoms with Crippen molar-refractivity contribution in [2.24, 2.45) is 0 Å². The second kappa shape index (κ2) is 50.0. The van der Waals surface area contributed by atoms with Gasteiger partial charge in [0.1, 0.15) is 24.4 Å². The summed E-state index contributed by atoms with van der Waals surface area (Å²) < 4.78 is 11.3. The smallest absolute Gasteiger partial charge is 0.220 e. The molecule has 0 bridgehead atoms. The van der Waals surface area contributed by atoms with Crippen LogP contribution >= 0.6 is 0 Å². The lowest BCUT2D eigenvalue weighted by Crippen LogP contribution is -2.60. The fourth-order valence-corrected chi connectivity index (χ4v) is 9.48. The number of carbonyl (C=O) groups is 1. The number of hydrogen-bond donors (Lipinski definition) is 6. The van der Waals surface area contributed by atoms with Crippen LogP contribution < -0.4 is 5.32 Å². The predicted molar refractivity (Wildman–Crippen MR) is 290 cm³/mol. The van der Waals surface area contributed by atoms with Gasteiger partial charge in [0.15, 0.2) is 6.29 Å². The molecule has 1 rings (SSSR count). The summed E-state index contributed by atoms with van der Waals surface area (Å²) in [5, 5.41) is 54.6. The van der Waals surface area contributed by atoms with Gasteiger partial charge in [-0.15, -0.1) is 0 Å². The highest BCUT2D eigenvalue weighted by Gasteiger charge is 2.44. The second-order valence-corrected chi connectivity index (χ2v) is 20.8. The Kier molecular flexibility index (Phi) is 47.4. The minimum Gasteiger partial charge on any atom is -0.394 e. The van der Waals surface area contributed by atoms with Crippen molar-refractivity contribution in [3.63, 3.8) is 0 Å². The molecule has 0 aromatic heterocycles. The first kappa shape index (κ1) is 65.4. The number of hydrogen-bond acceptors (Lipinski definition) is 8. The van der Waals surface area contributed by atoms with E-state index in [0.717, 1.165) is 44.9 Å². The van der Waals surface area contributed by atoms with Crippen LogP contribution in [-0.2, 0) is 14.3 Å². The van der Waals surface area contributed by atoms with Crippen LogP contribution in [0.3, 0.4) is 0 Å². The van der Waals surface area contributed by atoms with Crippen molar-refractivity contribution in [3.8, 4) is 0 Å². The van der Waals surface area contributed by atoms with E-state index in [2.05, 4.69) is 43.5 Å². The molecule has 69 heavy (non-hydrogen) atoms. The Morgan fingerprint density at radius 2 is 0.855 bits per heavy atom. The van der Waals surface area contributed by atoms with E-state index in [4.69, 9.17) is 9.47 Å². The zero-order chi connectivity index (χ0) is 50.1. The number of rotatable bonds is 51. The van der Waals surface area contributed by atoms with E-state index in [1.165, 1.54) is 218 Å². The molecule has 7 atom stereocenters. The van der Waals surface area contributed by atoms with Gasteiger partial charge in [-0.3, -0.25) is 4.79 Å². The molecule has 7 unspecified atom stereocenters. The van der Waals surface area contributed by atoms with E-state index >= 15 is 0 Å². The lowest BCUT2D eigenvalue weighted by molar-refractivity contribution is -0.302. The van der Waals surface area contributed by atoms with Crippen LogP contribution in [0.4, 0.5) is 0 Å². The second-order valence-electron chi connectivity index (χ2n) is 20.8. The van der Waals surface area contributed by atoms with Crippen LogP contribution in [0.15, 0.2) is 36.5 Å². The number of aliphatic hydroxyl groups is 5. The topological polar surface area (TPSA) is 149 Å². The first-order valence-electron chi connectivity index (χ1n) is 29.7. The molecular weight excluding hydrogens is 863 g/mol. The Labute approximate surface area is 425 Å². The maximum Gasteiger partial charge on any atom is 0.220 e. The maximum absolute atomic E-state index is 13.1. The molecule has 0 radical (unpaired) electrons. The largest absolute Gasteiger partial charge is 0.394 e. The van der Waals surface area contributed by atoms with Gasteiger partial charge in [-0.1, -0.05) is 262 Å². The minimum absolute atomic E-state index is 0.174. The third-order valence-electron chi connectivity index (χ3n) is 14.2. The van der Waals surface area contributed by atoms with Crippen molar-refractivity contribution in [2.75, 3.05) is 13.2 Å². The number of aliphatic hydroxyl groups excluding tert-OH is 5. The molecule has 9 heteroatoms. The molecule has 406 valence electrons. The number of carbonyl (C=O) groups excluding carboxylic acids is 1. The molecule has 0 saturated carbocycles. The number of ether oxygens (including phenoxy) is 2. The Hall–Kier alpha value is -1.59. The molecule has 1 heterocycles. The van der Waals surface area contributed by atoms with E-state index in [-0.39, 0.29) is 12.5 Å². The van der Waals surface area contributed by atoms with Gasteiger partial charge in [0.25, 0.3) is 0 Å². The van der Waals surface area contributed by atoms with Gasteiger partial charge in [0.2, 0.25) is 5.91 Å². The average molecular weight is 977 g/mol. The van der Waals surface area contributed by atoms with Gasteiger partial charge in [0.05, 0.1) is 25.4 Å². The quantitative estimate of drug-likeness (QED) is 0.0261. The molecule has 0 aliphatic carbocycles. The van der Waals surface area contributed by atoms with Crippen molar-refractivity contribution in [1.82, 2.24) is 5.32 Å². The lowest BCUT2D eigenvalue weighted by Gasteiger charge is -2.40. The highest BCUT2D eigenvalue weighted by Crippen LogP contribution is 2.23. The number of allylic oxidation sites excluding steroid dienone is 5. The van der Waals surface area contributed by atoms with Gasteiger partial charge in [-0.25, -0.2) is 0 Å². The van der Waals surface area contributed by atoms with Crippen LogP contribution in [-0.4, -0.2) is 87.5 Å². The Balaban J connectivity index is 2.21. The summed E-state index contributed by atoms with van der Waals surface area (Å²) in [7, 11) is 0. The Bertz CT molecular complexity index is 1180. The van der Waals surface area contributed by atoms with Crippen LogP contribution in [0.5, 0.6) is 0 Å². The van der Waals surface area contributed by atoms with Crippen molar-refractivity contribution >= 4 is 5.91 Å². The number of amides is 1. The van der Waals surface area contributed by atoms with Crippen LogP contribution in [0, 0.1) is 0 Å². The normalized spacial score (nSPS) is 19.7. The fourth-order valence-electron chi connectivity index (χ4n) is 9.48. The van der Waals surface area contributed by atoms with E-state index < -0.39 is 49.5 Å².